The zero-order valence-electron chi connectivity index (χ0n) is 14.8. The van der Waals surface area contributed by atoms with E-state index in [2.05, 4.69) is 5.32 Å². The van der Waals surface area contributed by atoms with Crippen molar-refractivity contribution < 1.29 is 18.8 Å². The number of amides is 4. The second-order valence-corrected chi connectivity index (χ2v) is 7.96. The predicted octanol–water partition coefficient (Wildman–Crippen LogP) is 2.10. The van der Waals surface area contributed by atoms with Crippen LogP contribution in [-0.2, 0) is 9.59 Å². The number of urea groups is 1. The van der Waals surface area contributed by atoms with E-state index in [4.69, 9.17) is 0 Å². The molecule has 8 heteroatoms. The number of piperidine rings is 1. The fraction of sp³-hybridized carbons (Fsp3) is 0.500. The van der Waals surface area contributed by atoms with Gasteiger partial charge in [0.1, 0.15) is 11.4 Å². The van der Waals surface area contributed by atoms with Gasteiger partial charge in [0.2, 0.25) is 5.91 Å². The van der Waals surface area contributed by atoms with Crippen molar-refractivity contribution in [1.29, 1.82) is 0 Å². The lowest BCUT2D eigenvalue weighted by Crippen LogP contribution is -2.56. The van der Waals surface area contributed by atoms with Crippen LogP contribution in [0.1, 0.15) is 19.8 Å². The molecule has 1 aromatic rings. The number of nitrogens with one attached hydrogen (secondary N) is 1. The Bertz CT molecular complexity index is 717. The first-order valence-electron chi connectivity index (χ1n) is 8.60. The van der Waals surface area contributed by atoms with Gasteiger partial charge in [-0.2, -0.15) is 0 Å². The zero-order chi connectivity index (χ0) is 18.9. The third kappa shape index (κ3) is 3.56. The second-order valence-electron chi connectivity index (χ2n) is 6.87. The van der Waals surface area contributed by atoms with E-state index in [1.165, 1.54) is 30.9 Å². The van der Waals surface area contributed by atoms with Gasteiger partial charge in [0.05, 0.1) is 0 Å². The Balaban J connectivity index is 1.52. The maximum atomic E-state index is 12.9. The molecule has 2 aliphatic rings. The summed E-state index contributed by atoms with van der Waals surface area (Å²) in [4.78, 5) is 40.5. The molecule has 1 N–H and O–H groups in total. The minimum atomic E-state index is -0.852. The normalized spacial score (nSPS) is 20.4. The number of benzene rings is 1. The van der Waals surface area contributed by atoms with Gasteiger partial charge < -0.3 is 10.2 Å². The summed E-state index contributed by atoms with van der Waals surface area (Å²) in [6.45, 7) is 2.77. The van der Waals surface area contributed by atoms with Crippen molar-refractivity contribution >= 4 is 29.6 Å². The van der Waals surface area contributed by atoms with Crippen molar-refractivity contribution in [3.63, 3.8) is 0 Å². The lowest BCUT2D eigenvalue weighted by atomic mass is 9.87. The van der Waals surface area contributed by atoms with Gasteiger partial charge in [0, 0.05) is 36.7 Å². The molecule has 3 rings (SSSR count). The number of thioether (sulfide) groups is 1. The van der Waals surface area contributed by atoms with Crippen LogP contribution >= 0.6 is 11.8 Å². The molecule has 2 aliphatic heterocycles. The largest absolute Gasteiger partial charge is 0.342 e. The molecule has 6 nitrogen and oxygen atoms in total. The highest BCUT2D eigenvalue weighted by Gasteiger charge is 2.51. The van der Waals surface area contributed by atoms with Crippen LogP contribution in [-0.4, -0.2) is 59.1 Å². The molecule has 1 unspecified atom stereocenters. The van der Waals surface area contributed by atoms with Crippen molar-refractivity contribution in [2.75, 3.05) is 25.9 Å². The summed E-state index contributed by atoms with van der Waals surface area (Å²) in [5, 5.41) is 2.77. The molecule has 0 aromatic heterocycles. The number of likely N-dealkylation sites (tertiary alicyclic amines) is 1. The Kier molecular flexibility index (Phi) is 5.22. The van der Waals surface area contributed by atoms with Crippen molar-refractivity contribution in [3.05, 3.63) is 30.1 Å². The molecule has 0 aliphatic carbocycles. The smallest absolute Gasteiger partial charge is 0.324 e. The number of imide groups is 1. The molecule has 26 heavy (non-hydrogen) atoms. The Morgan fingerprint density at radius 3 is 2.42 bits per heavy atom. The molecule has 1 aromatic carbocycles. The fourth-order valence-electron chi connectivity index (χ4n) is 3.34. The minimum absolute atomic E-state index is 0.0413. The molecule has 140 valence electrons. The number of halogens is 1. The quantitative estimate of drug-likeness (QED) is 0.643. The van der Waals surface area contributed by atoms with Gasteiger partial charge in [0.25, 0.3) is 5.91 Å². The van der Waals surface area contributed by atoms with Crippen molar-refractivity contribution in [3.8, 4) is 0 Å². The number of carbonyl (C=O) groups is 3. The van der Waals surface area contributed by atoms with Gasteiger partial charge in [0.15, 0.2) is 0 Å². The van der Waals surface area contributed by atoms with Crippen LogP contribution in [0.5, 0.6) is 0 Å². The fourth-order valence-corrected chi connectivity index (χ4v) is 4.25. The average molecular weight is 379 g/mol. The van der Waals surface area contributed by atoms with E-state index in [0.29, 0.717) is 31.7 Å². The van der Waals surface area contributed by atoms with Crippen LogP contribution in [0.25, 0.3) is 0 Å². The van der Waals surface area contributed by atoms with E-state index in [0.717, 1.165) is 9.80 Å². The highest BCUT2D eigenvalue weighted by atomic mass is 32.2. The van der Waals surface area contributed by atoms with E-state index in [1.807, 2.05) is 6.92 Å². The Morgan fingerprint density at radius 1 is 1.27 bits per heavy atom. The van der Waals surface area contributed by atoms with E-state index >= 15 is 0 Å². The standard InChI is InChI=1S/C18H22FN3O3S/c1-12(11-26-14-5-3-13(19)4-6-14)15(23)22-9-7-18(8-10-22)16(24)21(2)17(25)20-18/h3-6,12H,7-11H2,1-2H3,(H,20,25). The maximum absolute atomic E-state index is 12.9. The summed E-state index contributed by atoms with van der Waals surface area (Å²) in [6, 6.07) is 5.84. The molecule has 0 saturated carbocycles. The highest BCUT2D eigenvalue weighted by Crippen LogP contribution is 2.30. The molecule has 4 amide bonds. The molecule has 2 heterocycles. The maximum Gasteiger partial charge on any atom is 0.324 e. The summed E-state index contributed by atoms with van der Waals surface area (Å²) < 4.78 is 12.9. The van der Waals surface area contributed by atoms with Crippen LogP contribution in [0.2, 0.25) is 0 Å². The van der Waals surface area contributed by atoms with E-state index in [1.54, 1.807) is 17.0 Å². The minimum Gasteiger partial charge on any atom is -0.342 e. The van der Waals surface area contributed by atoms with Crippen LogP contribution in [0.15, 0.2) is 29.2 Å². The first-order chi connectivity index (χ1) is 12.3. The van der Waals surface area contributed by atoms with Gasteiger partial charge in [-0.25, -0.2) is 9.18 Å². The second kappa shape index (κ2) is 7.26. The molecule has 2 saturated heterocycles. The lowest BCUT2D eigenvalue weighted by molar-refractivity contribution is -0.139. The van der Waals surface area contributed by atoms with Crippen molar-refractivity contribution in [2.24, 2.45) is 5.92 Å². The number of carbonyl (C=O) groups excluding carboxylic acids is 3. The Morgan fingerprint density at radius 2 is 1.88 bits per heavy atom. The highest BCUT2D eigenvalue weighted by molar-refractivity contribution is 7.99. The first-order valence-corrected chi connectivity index (χ1v) is 9.58. The summed E-state index contributed by atoms with van der Waals surface area (Å²) in [7, 11) is 1.47. The average Bonchev–Trinajstić information content (AvgIpc) is 2.85. The lowest BCUT2D eigenvalue weighted by Gasteiger charge is -2.38. The SMILES string of the molecule is CC(CSc1ccc(F)cc1)C(=O)N1CCC2(CC1)NC(=O)N(C)C2=O. The van der Waals surface area contributed by atoms with Crippen LogP contribution in [0.4, 0.5) is 9.18 Å². The number of rotatable bonds is 4. The predicted molar refractivity (Wildman–Crippen MR) is 96.1 cm³/mol. The molecule has 1 atom stereocenters. The third-order valence-corrected chi connectivity index (χ3v) is 6.30. The number of likely N-dealkylation sites (N-methyl/N-ethyl adjacent to an activating group) is 1. The Hall–Kier alpha value is -2.09. The zero-order valence-corrected chi connectivity index (χ0v) is 15.6. The van der Waals surface area contributed by atoms with Crippen LogP contribution in [0.3, 0.4) is 0 Å². The molecule has 0 radical (unpaired) electrons. The van der Waals surface area contributed by atoms with E-state index in [-0.39, 0.29) is 29.6 Å². The molecule has 0 bridgehead atoms. The van der Waals surface area contributed by atoms with Crippen LogP contribution < -0.4 is 5.32 Å². The molecule has 1 spiro atoms. The molecular weight excluding hydrogens is 357 g/mol. The monoisotopic (exact) mass is 379 g/mol. The summed E-state index contributed by atoms with van der Waals surface area (Å²) in [6.07, 6.45) is 0.872. The van der Waals surface area contributed by atoms with Gasteiger partial charge in [-0.1, -0.05) is 6.92 Å². The van der Waals surface area contributed by atoms with Gasteiger partial charge in [-0.15, -0.1) is 11.8 Å². The van der Waals surface area contributed by atoms with E-state index in [9.17, 15) is 18.8 Å². The first kappa shape index (κ1) is 18.7. The summed E-state index contributed by atoms with van der Waals surface area (Å²) >= 11 is 1.52. The molecular formula is C18H22FN3O3S. The third-order valence-electron chi connectivity index (χ3n) is 5.03. The number of hydrogen-bond donors (Lipinski definition) is 1. The van der Waals surface area contributed by atoms with Crippen LogP contribution in [0, 0.1) is 11.7 Å². The number of hydrogen-bond acceptors (Lipinski definition) is 4. The number of nitrogens with zero attached hydrogens (tertiary/aromatic N) is 2. The summed E-state index contributed by atoms with van der Waals surface area (Å²) in [5.74, 6) is -0.0329. The molecule has 2 fully saturated rings. The topological polar surface area (TPSA) is 69.7 Å². The van der Waals surface area contributed by atoms with Crippen molar-refractivity contribution in [1.82, 2.24) is 15.1 Å². The van der Waals surface area contributed by atoms with Gasteiger partial charge in [-0.05, 0) is 37.1 Å². The van der Waals surface area contributed by atoms with E-state index < -0.39 is 5.54 Å². The van der Waals surface area contributed by atoms with Gasteiger partial charge in [-0.3, -0.25) is 14.5 Å². The van der Waals surface area contributed by atoms with Crippen molar-refractivity contribution in [2.45, 2.75) is 30.2 Å². The summed E-state index contributed by atoms with van der Waals surface area (Å²) in [5.41, 5.74) is -0.852. The Labute approximate surface area is 156 Å². The van der Waals surface area contributed by atoms with Gasteiger partial charge >= 0.3 is 6.03 Å².